The molecule has 17 heavy (non-hydrogen) atoms. The summed E-state index contributed by atoms with van der Waals surface area (Å²) in [6.07, 6.45) is 1.56. The molecule has 1 unspecified atom stereocenters. The lowest BCUT2D eigenvalue weighted by atomic mass is 10.1. The number of hydrogen-bond acceptors (Lipinski definition) is 2. The van der Waals surface area contributed by atoms with Crippen LogP contribution in [0.2, 0.25) is 0 Å². The van der Waals surface area contributed by atoms with Crippen LogP contribution in [-0.4, -0.2) is 30.4 Å². The number of likely N-dealkylation sites (tertiary alicyclic amines) is 1. The molecule has 92 valence electrons. The number of carbonyl (C=O) groups is 1. The van der Waals surface area contributed by atoms with Crippen LogP contribution in [0.5, 0.6) is 0 Å². The van der Waals surface area contributed by atoms with E-state index in [2.05, 4.69) is 6.07 Å². The molecule has 3 nitrogen and oxygen atoms in total. The molecule has 0 bridgehead atoms. The van der Waals surface area contributed by atoms with Gasteiger partial charge in [-0.15, -0.1) is 0 Å². The topological polar surface area (TPSA) is 46.3 Å². The number of hydrogen-bond donors (Lipinski definition) is 1. The van der Waals surface area contributed by atoms with Crippen LogP contribution in [-0.2, 0) is 11.2 Å². The van der Waals surface area contributed by atoms with E-state index in [1.54, 1.807) is 0 Å². The van der Waals surface area contributed by atoms with Gasteiger partial charge < -0.3 is 10.6 Å². The highest BCUT2D eigenvalue weighted by Crippen LogP contribution is 2.16. The van der Waals surface area contributed by atoms with Crippen LogP contribution in [0.1, 0.15) is 17.5 Å². The Labute approximate surface area is 103 Å². The Kier molecular flexibility index (Phi) is 3.79. The summed E-state index contributed by atoms with van der Waals surface area (Å²) in [5, 5.41) is 0. The van der Waals surface area contributed by atoms with Crippen molar-refractivity contribution in [3.63, 3.8) is 0 Å². The SMILES string of the molecule is Cc1cccc(CC(=O)N2CCC(CN)C2)c1. The minimum Gasteiger partial charge on any atom is -0.342 e. The Hall–Kier alpha value is -1.35. The molecule has 1 saturated heterocycles. The fraction of sp³-hybridized carbons (Fsp3) is 0.500. The smallest absolute Gasteiger partial charge is 0.226 e. The molecule has 0 saturated carbocycles. The van der Waals surface area contributed by atoms with E-state index < -0.39 is 0 Å². The van der Waals surface area contributed by atoms with Gasteiger partial charge in [0.05, 0.1) is 6.42 Å². The number of rotatable bonds is 3. The summed E-state index contributed by atoms with van der Waals surface area (Å²) in [5.41, 5.74) is 7.94. The fourth-order valence-electron chi connectivity index (χ4n) is 2.36. The highest BCUT2D eigenvalue weighted by Gasteiger charge is 2.24. The van der Waals surface area contributed by atoms with E-state index in [1.165, 1.54) is 5.56 Å². The maximum absolute atomic E-state index is 12.1. The van der Waals surface area contributed by atoms with Crippen molar-refractivity contribution in [2.75, 3.05) is 19.6 Å². The minimum atomic E-state index is 0.228. The summed E-state index contributed by atoms with van der Waals surface area (Å²) in [4.78, 5) is 14.0. The van der Waals surface area contributed by atoms with Gasteiger partial charge in [-0.3, -0.25) is 4.79 Å². The van der Waals surface area contributed by atoms with Crippen LogP contribution in [0.4, 0.5) is 0 Å². The third-order valence-electron chi connectivity index (χ3n) is 3.41. The van der Waals surface area contributed by atoms with E-state index in [1.807, 2.05) is 30.0 Å². The largest absolute Gasteiger partial charge is 0.342 e. The summed E-state index contributed by atoms with van der Waals surface area (Å²) in [6.45, 7) is 4.44. The van der Waals surface area contributed by atoms with Crippen molar-refractivity contribution >= 4 is 5.91 Å². The van der Waals surface area contributed by atoms with E-state index >= 15 is 0 Å². The molecule has 1 amide bonds. The number of nitrogens with two attached hydrogens (primary N) is 1. The summed E-state index contributed by atoms with van der Waals surface area (Å²) in [6, 6.07) is 8.15. The van der Waals surface area contributed by atoms with Gasteiger partial charge in [-0.05, 0) is 31.4 Å². The van der Waals surface area contributed by atoms with Crippen molar-refractivity contribution < 1.29 is 4.79 Å². The van der Waals surface area contributed by atoms with Crippen molar-refractivity contribution in [3.05, 3.63) is 35.4 Å². The first-order valence-electron chi connectivity index (χ1n) is 6.22. The van der Waals surface area contributed by atoms with E-state index in [-0.39, 0.29) is 5.91 Å². The van der Waals surface area contributed by atoms with Gasteiger partial charge in [-0.2, -0.15) is 0 Å². The summed E-state index contributed by atoms with van der Waals surface area (Å²) < 4.78 is 0. The van der Waals surface area contributed by atoms with Gasteiger partial charge in [-0.1, -0.05) is 29.8 Å². The second-order valence-corrected chi connectivity index (χ2v) is 4.90. The average Bonchev–Trinajstić information content (AvgIpc) is 2.77. The van der Waals surface area contributed by atoms with E-state index in [0.29, 0.717) is 18.9 Å². The molecule has 0 spiro atoms. The maximum atomic E-state index is 12.1. The number of nitrogens with zero attached hydrogens (tertiary/aromatic N) is 1. The summed E-state index contributed by atoms with van der Waals surface area (Å²) in [7, 11) is 0. The molecule has 1 aliphatic heterocycles. The van der Waals surface area contributed by atoms with Crippen molar-refractivity contribution in [2.45, 2.75) is 19.8 Å². The van der Waals surface area contributed by atoms with Gasteiger partial charge in [0.25, 0.3) is 0 Å². The lowest BCUT2D eigenvalue weighted by molar-refractivity contribution is -0.129. The first-order chi connectivity index (χ1) is 8.19. The molecule has 1 atom stereocenters. The molecule has 0 radical (unpaired) electrons. The predicted molar refractivity (Wildman–Crippen MR) is 68.6 cm³/mol. The van der Waals surface area contributed by atoms with Gasteiger partial charge in [0.1, 0.15) is 0 Å². The Morgan fingerprint density at radius 1 is 1.53 bits per heavy atom. The molecule has 1 fully saturated rings. The third-order valence-corrected chi connectivity index (χ3v) is 3.41. The summed E-state index contributed by atoms with van der Waals surface area (Å²) >= 11 is 0. The normalized spacial score (nSPS) is 19.6. The van der Waals surface area contributed by atoms with Crippen LogP contribution in [0.15, 0.2) is 24.3 Å². The molecule has 2 N–H and O–H groups in total. The Balaban J connectivity index is 1.93. The van der Waals surface area contributed by atoms with E-state index in [4.69, 9.17) is 5.73 Å². The molecule has 0 aliphatic carbocycles. The number of carbonyl (C=O) groups excluding carboxylic acids is 1. The Morgan fingerprint density at radius 2 is 2.35 bits per heavy atom. The standard InChI is InChI=1S/C14H20N2O/c1-11-3-2-4-12(7-11)8-14(17)16-6-5-13(9-15)10-16/h2-4,7,13H,5-6,8-10,15H2,1H3. The second kappa shape index (κ2) is 5.32. The number of amides is 1. The molecular weight excluding hydrogens is 212 g/mol. The molecule has 1 aliphatic rings. The number of benzene rings is 1. The molecular formula is C14H20N2O. The fourth-order valence-corrected chi connectivity index (χ4v) is 2.36. The van der Waals surface area contributed by atoms with Gasteiger partial charge in [0.15, 0.2) is 0 Å². The van der Waals surface area contributed by atoms with Crippen LogP contribution >= 0.6 is 0 Å². The van der Waals surface area contributed by atoms with Crippen LogP contribution in [0.3, 0.4) is 0 Å². The highest BCUT2D eigenvalue weighted by molar-refractivity contribution is 5.79. The Morgan fingerprint density at radius 3 is 3.00 bits per heavy atom. The van der Waals surface area contributed by atoms with Crippen LogP contribution in [0.25, 0.3) is 0 Å². The van der Waals surface area contributed by atoms with Crippen molar-refractivity contribution in [1.82, 2.24) is 4.90 Å². The van der Waals surface area contributed by atoms with Gasteiger partial charge in [0, 0.05) is 13.1 Å². The van der Waals surface area contributed by atoms with Gasteiger partial charge in [-0.25, -0.2) is 0 Å². The molecule has 0 aromatic heterocycles. The lowest BCUT2D eigenvalue weighted by Gasteiger charge is -2.16. The zero-order chi connectivity index (χ0) is 12.3. The summed E-state index contributed by atoms with van der Waals surface area (Å²) in [5.74, 6) is 0.725. The molecule has 2 rings (SSSR count). The van der Waals surface area contributed by atoms with Crippen molar-refractivity contribution in [1.29, 1.82) is 0 Å². The highest BCUT2D eigenvalue weighted by atomic mass is 16.2. The minimum absolute atomic E-state index is 0.228. The first kappa shape index (κ1) is 12.1. The lowest BCUT2D eigenvalue weighted by Crippen LogP contribution is -2.31. The third kappa shape index (κ3) is 3.07. The first-order valence-corrected chi connectivity index (χ1v) is 6.22. The molecule has 3 heteroatoms. The van der Waals surface area contributed by atoms with Crippen molar-refractivity contribution in [3.8, 4) is 0 Å². The zero-order valence-electron chi connectivity index (χ0n) is 10.4. The molecule has 1 aromatic rings. The maximum Gasteiger partial charge on any atom is 0.226 e. The molecule has 1 aromatic carbocycles. The van der Waals surface area contributed by atoms with E-state index in [0.717, 1.165) is 25.1 Å². The average molecular weight is 232 g/mol. The quantitative estimate of drug-likeness (QED) is 0.855. The van der Waals surface area contributed by atoms with Crippen LogP contribution in [0, 0.1) is 12.8 Å². The predicted octanol–water partition coefficient (Wildman–Crippen LogP) is 1.34. The zero-order valence-corrected chi connectivity index (χ0v) is 10.4. The van der Waals surface area contributed by atoms with Gasteiger partial charge >= 0.3 is 0 Å². The monoisotopic (exact) mass is 232 g/mol. The number of aryl methyl sites for hydroxylation is 1. The second-order valence-electron chi connectivity index (χ2n) is 4.90. The van der Waals surface area contributed by atoms with Crippen molar-refractivity contribution in [2.24, 2.45) is 11.7 Å². The Bertz CT molecular complexity index is 403. The molecule has 1 heterocycles. The van der Waals surface area contributed by atoms with E-state index in [9.17, 15) is 4.79 Å². The van der Waals surface area contributed by atoms with Gasteiger partial charge in [0.2, 0.25) is 5.91 Å². The van der Waals surface area contributed by atoms with Crippen LogP contribution < -0.4 is 5.73 Å².